The highest BCUT2D eigenvalue weighted by atomic mass is 35.5. The highest BCUT2D eigenvalue weighted by Gasteiger charge is 2.19. The summed E-state index contributed by atoms with van der Waals surface area (Å²) in [5.74, 6) is 3.00. The molecular weight excluding hydrogens is 421 g/mol. The normalized spacial score (nSPS) is 13.6. The molecular formula is C24H23Cl2NO3. The van der Waals surface area contributed by atoms with E-state index in [1.165, 1.54) is 16.7 Å². The molecule has 0 saturated heterocycles. The van der Waals surface area contributed by atoms with Crippen molar-refractivity contribution in [1.82, 2.24) is 4.90 Å². The second kappa shape index (κ2) is 9.17. The molecule has 0 N–H and O–H groups in total. The molecule has 4 rings (SSSR count). The summed E-state index contributed by atoms with van der Waals surface area (Å²) in [7, 11) is 3.34. The summed E-state index contributed by atoms with van der Waals surface area (Å²) >= 11 is 12.1. The van der Waals surface area contributed by atoms with E-state index in [1.54, 1.807) is 26.4 Å². The van der Waals surface area contributed by atoms with Crippen LogP contribution in [0.1, 0.15) is 16.7 Å². The van der Waals surface area contributed by atoms with E-state index >= 15 is 0 Å². The SMILES string of the molecule is COc1cc2c(cc1OC)CN(Cc1cccc(Oc3ccc(Cl)c(Cl)c3)c1)CC2. The molecule has 0 aromatic heterocycles. The van der Waals surface area contributed by atoms with Gasteiger partial charge in [0, 0.05) is 25.7 Å². The van der Waals surface area contributed by atoms with Gasteiger partial charge in [0.2, 0.25) is 0 Å². The van der Waals surface area contributed by atoms with E-state index in [9.17, 15) is 0 Å². The monoisotopic (exact) mass is 443 g/mol. The number of nitrogens with zero attached hydrogens (tertiary/aromatic N) is 1. The van der Waals surface area contributed by atoms with Crippen molar-refractivity contribution in [3.8, 4) is 23.0 Å². The Morgan fingerprint density at radius 2 is 1.57 bits per heavy atom. The molecule has 0 spiro atoms. The summed E-state index contributed by atoms with van der Waals surface area (Å²) in [4.78, 5) is 2.42. The molecule has 0 aliphatic carbocycles. The minimum atomic E-state index is 0.476. The summed E-state index contributed by atoms with van der Waals surface area (Å²) in [5.41, 5.74) is 3.79. The van der Waals surface area contributed by atoms with Gasteiger partial charge in [0.15, 0.2) is 11.5 Å². The third-order valence-electron chi connectivity index (χ3n) is 5.23. The number of hydrogen-bond donors (Lipinski definition) is 0. The quantitative estimate of drug-likeness (QED) is 0.443. The molecule has 1 heterocycles. The molecule has 6 heteroatoms. The van der Waals surface area contributed by atoms with Gasteiger partial charge in [-0.2, -0.15) is 0 Å². The zero-order chi connectivity index (χ0) is 21.1. The Labute approximate surface area is 186 Å². The van der Waals surface area contributed by atoms with E-state index in [1.807, 2.05) is 18.2 Å². The number of fused-ring (bicyclic) bond motifs is 1. The minimum absolute atomic E-state index is 0.476. The predicted molar refractivity (Wildman–Crippen MR) is 120 cm³/mol. The fourth-order valence-electron chi connectivity index (χ4n) is 3.72. The Bertz CT molecular complexity index is 1050. The van der Waals surface area contributed by atoms with Gasteiger partial charge in [-0.3, -0.25) is 4.90 Å². The fraction of sp³-hybridized carbons (Fsp3) is 0.250. The van der Waals surface area contributed by atoms with Gasteiger partial charge < -0.3 is 14.2 Å². The Kier molecular flexibility index (Phi) is 6.38. The molecule has 156 valence electrons. The van der Waals surface area contributed by atoms with Crippen molar-refractivity contribution in [2.75, 3.05) is 20.8 Å². The van der Waals surface area contributed by atoms with E-state index in [0.717, 1.165) is 43.3 Å². The maximum atomic E-state index is 6.09. The lowest BCUT2D eigenvalue weighted by molar-refractivity contribution is 0.244. The van der Waals surface area contributed by atoms with Crippen LogP contribution in [0, 0.1) is 0 Å². The first kappa shape index (κ1) is 20.9. The van der Waals surface area contributed by atoms with Crippen LogP contribution in [0.2, 0.25) is 10.0 Å². The zero-order valence-corrected chi connectivity index (χ0v) is 18.5. The zero-order valence-electron chi connectivity index (χ0n) is 17.0. The first-order valence-electron chi connectivity index (χ1n) is 9.73. The number of halogens is 2. The highest BCUT2D eigenvalue weighted by molar-refractivity contribution is 6.42. The smallest absolute Gasteiger partial charge is 0.161 e. The molecule has 0 atom stereocenters. The third-order valence-corrected chi connectivity index (χ3v) is 5.97. The van der Waals surface area contributed by atoms with Crippen molar-refractivity contribution in [3.63, 3.8) is 0 Å². The molecule has 3 aromatic carbocycles. The first-order chi connectivity index (χ1) is 14.6. The average molecular weight is 444 g/mol. The molecule has 0 fully saturated rings. The lowest BCUT2D eigenvalue weighted by atomic mass is 9.98. The second-order valence-electron chi connectivity index (χ2n) is 7.26. The Balaban J connectivity index is 1.46. The van der Waals surface area contributed by atoms with Gasteiger partial charge in [0.1, 0.15) is 11.5 Å². The molecule has 0 bridgehead atoms. The molecule has 1 aliphatic heterocycles. The Morgan fingerprint density at radius 3 is 2.30 bits per heavy atom. The molecule has 0 saturated carbocycles. The Morgan fingerprint density at radius 1 is 0.833 bits per heavy atom. The molecule has 3 aromatic rings. The van der Waals surface area contributed by atoms with Gasteiger partial charge in [0.05, 0.1) is 24.3 Å². The van der Waals surface area contributed by atoms with Crippen LogP contribution in [0.25, 0.3) is 0 Å². The van der Waals surface area contributed by atoms with Gasteiger partial charge >= 0.3 is 0 Å². The largest absolute Gasteiger partial charge is 0.493 e. The standard InChI is InChI=1S/C24H23Cl2NO3/c1-28-23-11-17-8-9-27(15-18(17)12-24(23)29-2)14-16-4-3-5-19(10-16)30-20-6-7-21(25)22(26)13-20/h3-7,10-13H,8-9,14-15H2,1-2H3. The van der Waals surface area contributed by atoms with Crippen LogP contribution >= 0.6 is 23.2 Å². The van der Waals surface area contributed by atoms with Crippen LogP contribution < -0.4 is 14.2 Å². The van der Waals surface area contributed by atoms with Crippen LogP contribution in [0.5, 0.6) is 23.0 Å². The number of rotatable bonds is 6. The van der Waals surface area contributed by atoms with Crippen LogP contribution in [-0.2, 0) is 19.5 Å². The van der Waals surface area contributed by atoms with Crippen LogP contribution in [0.4, 0.5) is 0 Å². The molecule has 0 unspecified atom stereocenters. The van der Waals surface area contributed by atoms with Crippen LogP contribution in [0.15, 0.2) is 54.6 Å². The van der Waals surface area contributed by atoms with Crippen molar-refractivity contribution < 1.29 is 14.2 Å². The third kappa shape index (κ3) is 4.67. The molecule has 4 nitrogen and oxygen atoms in total. The lowest BCUT2D eigenvalue weighted by Crippen LogP contribution is -2.30. The van der Waals surface area contributed by atoms with Gasteiger partial charge in [-0.25, -0.2) is 0 Å². The van der Waals surface area contributed by atoms with Gasteiger partial charge in [-0.1, -0.05) is 35.3 Å². The average Bonchev–Trinajstić information content (AvgIpc) is 2.75. The lowest BCUT2D eigenvalue weighted by Gasteiger charge is -2.29. The molecule has 30 heavy (non-hydrogen) atoms. The topological polar surface area (TPSA) is 30.9 Å². The van der Waals surface area contributed by atoms with E-state index < -0.39 is 0 Å². The molecule has 0 radical (unpaired) electrons. The number of methoxy groups -OCH3 is 2. The Hall–Kier alpha value is -2.40. The van der Waals surface area contributed by atoms with Crippen molar-refractivity contribution >= 4 is 23.2 Å². The first-order valence-corrected chi connectivity index (χ1v) is 10.5. The van der Waals surface area contributed by atoms with Crippen molar-refractivity contribution in [2.45, 2.75) is 19.5 Å². The van der Waals surface area contributed by atoms with Crippen molar-refractivity contribution in [1.29, 1.82) is 0 Å². The van der Waals surface area contributed by atoms with Crippen molar-refractivity contribution in [3.05, 3.63) is 81.3 Å². The van der Waals surface area contributed by atoms with Crippen molar-refractivity contribution in [2.24, 2.45) is 0 Å². The molecule has 1 aliphatic rings. The van der Waals surface area contributed by atoms with Crippen LogP contribution in [0.3, 0.4) is 0 Å². The van der Waals surface area contributed by atoms with Gasteiger partial charge in [-0.05, 0) is 59.5 Å². The minimum Gasteiger partial charge on any atom is -0.493 e. The predicted octanol–water partition coefficient (Wildman–Crippen LogP) is 6.36. The summed E-state index contributed by atoms with van der Waals surface area (Å²) in [5, 5.41) is 0.988. The number of benzene rings is 3. The maximum Gasteiger partial charge on any atom is 0.161 e. The van der Waals surface area contributed by atoms with Crippen LogP contribution in [-0.4, -0.2) is 25.7 Å². The highest BCUT2D eigenvalue weighted by Crippen LogP contribution is 2.34. The number of ether oxygens (including phenoxy) is 3. The van der Waals surface area contributed by atoms with Gasteiger partial charge in [-0.15, -0.1) is 0 Å². The van der Waals surface area contributed by atoms with E-state index in [-0.39, 0.29) is 0 Å². The summed E-state index contributed by atoms with van der Waals surface area (Å²) in [6, 6.07) is 17.6. The fourth-order valence-corrected chi connectivity index (χ4v) is 4.01. The number of hydrogen-bond acceptors (Lipinski definition) is 4. The summed E-state index contributed by atoms with van der Waals surface area (Å²) in [6.07, 6.45) is 0.981. The summed E-state index contributed by atoms with van der Waals surface area (Å²) < 4.78 is 16.9. The summed E-state index contributed by atoms with van der Waals surface area (Å²) in [6.45, 7) is 2.69. The van der Waals surface area contributed by atoms with E-state index in [0.29, 0.717) is 15.8 Å². The second-order valence-corrected chi connectivity index (χ2v) is 8.08. The van der Waals surface area contributed by atoms with E-state index in [2.05, 4.69) is 29.2 Å². The van der Waals surface area contributed by atoms with Gasteiger partial charge in [0.25, 0.3) is 0 Å². The van der Waals surface area contributed by atoms with E-state index in [4.69, 9.17) is 37.4 Å². The molecule has 0 amide bonds. The maximum absolute atomic E-state index is 6.09.